The largest absolute Gasteiger partial charge is 0.394 e. The molecule has 2 aromatic rings. The van der Waals surface area contributed by atoms with Crippen LogP contribution in [0.25, 0.3) is 0 Å². The van der Waals surface area contributed by atoms with Crippen LogP contribution in [0, 0.1) is 0 Å². The van der Waals surface area contributed by atoms with Gasteiger partial charge in [0, 0.05) is 13.5 Å². The summed E-state index contributed by atoms with van der Waals surface area (Å²) in [5.41, 5.74) is 5.88. The van der Waals surface area contributed by atoms with Crippen molar-refractivity contribution < 1.29 is 8.42 Å². The molecule has 4 N–H and O–H groups in total. The number of H-pyrrole nitrogens is 1. The standard InChI is InChI=1S/C9H14N6O2S/c1-3-7-11-5-8(13-7)18(16,17)14-9-6(10)4-12-15(9)2/h4-5,14H,3,10H2,1-2H3,(H,11,13). The molecule has 0 radical (unpaired) electrons. The lowest BCUT2D eigenvalue weighted by Gasteiger charge is -2.07. The number of nitrogen functional groups attached to an aromatic ring is 1. The quantitative estimate of drug-likeness (QED) is 0.727. The molecule has 0 aliphatic carbocycles. The summed E-state index contributed by atoms with van der Waals surface area (Å²) in [5.74, 6) is 0.830. The minimum atomic E-state index is -3.73. The number of hydrogen-bond acceptors (Lipinski definition) is 5. The first kappa shape index (κ1) is 12.4. The third kappa shape index (κ3) is 2.16. The van der Waals surface area contributed by atoms with E-state index in [1.807, 2.05) is 6.92 Å². The second-order valence-corrected chi connectivity index (χ2v) is 5.38. The summed E-state index contributed by atoms with van der Waals surface area (Å²) in [5, 5.41) is 3.85. The Morgan fingerprint density at radius 1 is 1.50 bits per heavy atom. The average molecular weight is 270 g/mol. The van der Waals surface area contributed by atoms with E-state index in [9.17, 15) is 8.42 Å². The van der Waals surface area contributed by atoms with Crippen molar-refractivity contribution in [3.8, 4) is 0 Å². The maximum atomic E-state index is 12.1. The van der Waals surface area contributed by atoms with Gasteiger partial charge in [-0.2, -0.15) is 13.5 Å². The van der Waals surface area contributed by atoms with Gasteiger partial charge in [0.1, 0.15) is 5.82 Å². The van der Waals surface area contributed by atoms with E-state index in [-0.39, 0.29) is 16.5 Å². The van der Waals surface area contributed by atoms with Crippen molar-refractivity contribution in [2.75, 3.05) is 10.5 Å². The van der Waals surface area contributed by atoms with E-state index in [1.54, 1.807) is 7.05 Å². The topological polar surface area (TPSA) is 119 Å². The summed E-state index contributed by atoms with van der Waals surface area (Å²) in [4.78, 5) is 6.67. The zero-order valence-electron chi connectivity index (χ0n) is 10.0. The molecule has 0 unspecified atom stereocenters. The van der Waals surface area contributed by atoms with Crippen molar-refractivity contribution in [2.24, 2.45) is 7.05 Å². The SMILES string of the molecule is CCc1ncc(S(=O)(=O)Nc2c(N)cnn2C)[nH]1. The highest BCUT2D eigenvalue weighted by Crippen LogP contribution is 2.20. The van der Waals surface area contributed by atoms with Gasteiger partial charge in [0.05, 0.1) is 18.1 Å². The fourth-order valence-corrected chi connectivity index (χ4v) is 2.48. The highest BCUT2D eigenvalue weighted by Gasteiger charge is 2.20. The molecule has 2 heterocycles. The molecule has 2 aromatic heterocycles. The van der Waals surface area contributed by atoms with Gasteiger partial charge in [0.2, 0.25) is 0 Å². The summed E-state index contributed by atoms with van der Waals surface area (Å²) in [6, 6.07) is 0. The van der Waals surface area contributed by atoms with E-state index in [0.29, 0.717) is 12.2 Å². The second kappa shape index (κ2) is 4.33. The molecule has 0 aromatic carbocycles. The minimum Gasteiger partial charge on any atom is -0.394 e. The first-order valence-corrected chi connectivity index (χ1v) is 6.76. The maximum absolute atomic E-state index is 12.1. The van der Waals surface area contributed by atoms with Crippen molar-refractivity contribution in [1.29, 1.82) is 0 Å². The molecule has 8 nitrogen and oxygen atoms in total. The lowest BCUT2D eigenvalue weighted by Crippen LogP contribution is -2.16. The number of rotatable bonds is 4. The van der Waals surface area contributed by atoms with Gasteiger partial charge in [-0.3, -0.25) is 9.40 Å². The number of anilines is 2. The Labute approximate surface area is 104 Å². The number of nitrogens with one attached hydrogen (secondary N) is 2. The molecule has 0 atom stereocenters. The Hall–Kier alpha value is -2.03. The molecule has 9 heteroatoms. The molecule has 0 bridgehead atoms. The smallest absolute Gasteiger partial charge is 0.280 e. The van der Waals surface area contributed by atoms with Crippen LogP contribution in [0.2, 0.25) is 0 Å². The molecule has 0 saturated carbocycles. The van der Waals surface area contributed by atoms with Crippen LogP contribution in [0.5, 0.6) is 0 Å². The number of nitrogens with two attached hydrogens (primary N) is 1. The number of sulfonamides is 1. The van der Waals surface area contributed by atoms with Crippen LogP contribution >= 0.6 is 0 Å². The molecule has 0 amide bonds. The molecular formula is C9H14N6O2S. The van der Waals surface area contributed by atoms with Crippen LogP contribution in [0.3, 0.4) is 0 Å². The first-order chi connectivity index (χ1) is 8.44. The van der Waals surface area contributed by atoms with Crippen LogP contribution in [0.4, 0.5) is 11.5 Å². The predicted molar refractivity (Wildman–Crippen MR) is 66.4 cm³/mol. The first-order valence-electron chi connectivity index (χ1n) is 5.28. The number of hydrogen-bond donors (Lipinski definition) is 3. The number of aromatic amines is 1. The van der Waals surface area contributed by atoms with Crippen LogP contribution in [0.15, 0.2) is 17.4 Å². The summed E-state index contributed by atoms with van der Waals surface area (Å²) in [6.07, 6.45) is 3.28. The predicted octanol–water partition coefficient (Wildman–Crippen LogP) is 0.0886. The summed E-state index contributed by atoms with van der Waals surface area (Å²) in [7, 11) is -2.13. The Kier molecular flexibility index (Phi) is 2.99. The van der Waals surface area contributed by atoms with Gasteiger partial charge in [0.15, 0.2) is 10.8 Å². The van der Waals surface area contributed by atoms with Gasteiger partial charge < -0.3 is 10.7 Å². The summed E-state index contributed by atoms with van der Waals surface area (Å²) < 4.78 is 27.8. The average Bonchev–Trinajstić information content (AvgIpc) is 2.91. The Morgan fingerprint density at radius 3 is 2.72 bits per heavy atom. The van der Waals surface area contributed by atoms with Crippen molar-refractivity contribution in [2.45, 2.75) is 18.4 Å². The van der Waals surface area contributed by atoms with Crippen molar-refractivity contribution in [3.63, 3.8) is 0 Å². The van der Waals surface area contributed by atoms with Crippen molar-refractivity contribution >= 4 is 21.5 Å². The van der Waals surface area contributed by atoms with Gasteiger partial charge in [-0.05, 0) is 0 Å². The fraction of sp³-hybridized carbons (Fsp3) is 0.333. The van der Waals surface area contributed by atoms with Crippen LogP contribution in [0.1, 0.15) is 12.7 Å². The van der Waals surface area contributed by atoms with Crippen molar-refractivity contribution in [1.82, 2.24) is 19.7 Å². The van der Waals surface area contributed by atoms with E-state index in [4.69, 9.17) is 5.73 Å². The maximum Gasteiger partial charge on any atom is 0.280 e. The Balaban J connectivity index is 2.33. The van der Waals surface area contributed by atoms with E-state index in [0.717, 1.165) is 0 Å². The van der Waals surface area contributed by atoms with Gasteiger partial charge >= 0.3 is 0 Å². The van der Waals surface area contributed by atoms with Gasteiger partial charge in [0.25, 0.3) is 10.0 Å². The summed E-state index contributed by atoms with van der Waals surface area (Å²) in [6.45, 7) is 1.88. The number of aryl methyl sites for hydroxylation is 2. The second-order valence-electron chi connectivity index (χ2n) is 3.73. The summed E-state index contributed by atoms with van der Waals surface area (Å²) >= 11 is 0. The molecule has 0 spiro atoms. The lowest BCUT2D eigenvalue weighted by atomic mass is 10.5. The molecule has 0 saturated heterocycles. The van der Waals surface area contributed by atoms with E-state index in [1.165, 1.54) is 17.1 Å². The van der Waals surface area contributed by atoms with Crippen LogP contribution in [-0.2, 0) is 23.5 Å². The highest BCUT2D eigenvalue weighted by molar-refractivity contribution is 7.92. The van der Waals surface area contributed by atoms with Crippen LogP contribution in [-0.4, -0.2) is 28.2 Å². The van der Waals surface area contributed by atoms with Crippen molar-refractivity contribution in [3.05, 3.63) is 18.2 Å². The van der Waals surface area contributed by atoms with E-state index >= 15 is 0 Å². The van der Waals surface area contributed by atoms with Crippen LogP contribution < -0.4 is 10.5 Å². The van der Waals surface area contributed by atoms with Gasteiger partial charge in [-0.1, -0.05) is 6.92 Å². The zero-order valence-corrected chi connectivity index (χ0v) is 10.8. The Morgan fingerprint density at radius 2 is 2.22 bits per heavy atom. The monoisotopic (exact) mass is 270 g/mol. The van der Waals surface area contributed by atoms with E-state index in [2.05, 4.69) is 19.8 Å². The Bertz CT molecular complexity index is 637. The van der Waals surface area contributed by atoms with E-state index < -0.39 is 10.0 Å². The molecule has 98 valence electrons. The number of nitrogens with zero attached hydrogens (tertiary/aromatic N) is 3. The lowest BCUT2D eigenvalue weighted by molar-refractivity contribution is 0.597. The fourth-order valence-electron chi connectivity index (χ4n) is 1.42. The molecule has 0 aliphatic heterocycles. The third-order valence-electron chi connectivity index (χ3n) is 2.43. The molecule has 0 fully saturated rings. The number of imidazole rings is 1. The third-order valence-corrected chi connectivity index (χ3v) is 3.68. The minimum absolute atomic E-state index is 0.0000463. The van der Waals surface area contributed by atoms with Gasteiger partial charge in [-0.15, -0.1) is 0 Å². The number of aromatic nitrogens is 4. The molecule has 2 rings (SSSR count). The zero-order chi connectivity index (χ0) is 13.3. The molecule has 18 heavy (non-hydrogen) atoms. The van der Waals surface area contributed by atoms with Gasteiger partial charge in [-0.25, -0.2) is 4.98 Å². The molecular weight excluding hydrogens is 256 g/mol. The highest BCUT2D eigenvalue weighted by atomic mass is 32.2. The normalized spacial score (nSPS) is 11.7. The molecule has 0 aliphatic rings.